The molecule has 0 aliphatic carbocycles. The summed E-state index contributed by atoms with van der Waals surface area (Å²) in [6.45, 7) is 3.07. The van der Waals surface area contributed by atoms with Gasteiger partial charge in [0.1, 0.15) is 11.8 Å². The standard InChI is InChI=1S/C21H24F3NO3S/c1-4-7-19(14(2)26)25-20(21(22,23)24)17-10-5-8-15(12-17)16-9-6-11-18(13-16)29(3,27)28/h5-6,8-13,19-20,25H,4,7H2,1-3H3/t19?,20-/m0/s1. The maximum absolute atomic E-state index is 13.8. The second-order valence-corrected chi connectivity index (χ2v) is 9.03. The Bertz CT molecular complexity index is 971. The molecule has 0 aromatic heterocycles. The Hall–Kier alpha value is -2.19. The normalized spacial score (nSPS) is 14.4. The molecule has 2 atom stereocenters. The molecule has 1 unspecified atom stereocenters. The number of Topliss-reactive ketones (excluding diaryl/α,β-unsaturated/α-hetero) is 1. The number of halogens is 3. The summed E-state index contributed by atoms with van der Waals surface area (Å²) in [7, 11) is -3.44. The highest BCUT2D eigenvalue weighted by atomic mass is 32.2. The highest BCUT2D eigenvalue weighted by Crippen LogP contribution is 2.35. The van der Waals surface area contributed by atoms with Crippen molar-refractivity contribution in [2.45, 2.75) is 49.8 Å². The van der Waals surface area contributed by atoms with Gasteiger partial charge in [-0.1, -0.05) is 43.7 Å². The monoisotopic (exact) mass is 427 g/mol. The van der Waals surface area contributed by atoms with E-state index >= 15 is 0 Å². The Morgan fingerprint density at radius 3 is 2.17 bits per heavy atom. The zero-order valence-electron chi connectivity index (χ0n) is 16.5. The third-order valence-electron chi connectivity index (χ3n) is 4.58. The third-order valence-corrected chi connectivity index (χ3v) is 5.69. The molecule has 0 bridgehead atoms. The van der Waals surface area contributed by atoms with Crippen LogP contribution in [-0.2, 0) is 14.6 Å². The van der Waals surface area contributed by atoms with Gasteiger partial charge < -0.3 is 0 Å². The van der Waals surface area contributed by atoms with E-state index in [0.29, 0.717) is 24.0 Å². The summed E-state index contributed by atoms with van der Waals surface area (Å²) in [6.07, 6.45) is -2.66. The molecule has 29 heavy (non-hydrogen) atoms. The summed E-state index contributed by atoms with van der Waals surface area (Å²) in [5.74, 6) is -0.349. The summed E-state index contributed by atoms with van der Waals surface area (Å²) in [6, 6.07) is 8.96. The van der Waals surface area contributed by atoms with E-state index in [-0.39, 0.29) is 16.2 Å². The average molecular weight is 427 g/mol. The molecule has 0 amide bonds. The van der Waals surface area contributed by atoms with Crippen LogP contribution in [0.15, 0.2) is 53.4 Å². The van der Waals surface area contributed by atoms with Crippen LogP contribution in [0.4, 0.5) is 13.2 Å². The first-order chi connectivity index (χ1) is 13.4. The van der Waals surface area contributed by atoms with E-state index in [1.165, 1.54) is 37.3 Å². The second-order valence-electron chi connectivity index (χ2n) is 7.02. The van der Waals surface area contributed by atoms with Crippen molar-refractivity contribution in [3.8, 4) is 11.1 Å². The highest BCUT2D eigenvalue weighted by molar-refractivity contribution is 7.90. The molecule has 2 rings (SSSR count). The number of carbonyl (C=O) groups is 1. The quantitative estimate of drug-likeness (QED) is 0.663. The molecule has 0 spiro atoms. The van der Waals surface area contributed by atoms with Gasteiger partial charge in [0.05, 0.1) is 10.9 Å². The van der Waals surface area contributed by atoms with Gasteiger partial charge in [0.25, 0.3) is 0 Å². The van der Waals surface area contributed by atoms with Gasteiger partial charge >= 0.3 is 6.18 Å². The van der Waals surface area contributed by atoms with E-state index < -0.39 is 28.1 Å². The lowest BCUT2D eigenvalue weighted by atomic mass is 9.97. The van der Waals surface area contributed by atoms with E-state index in [0.717, 1.165) is 6.26 Å². The molecule has 2 aromatic carbocycles. The number of hydrogen-bond donors (Lipinski definition) is 1. The number of sulfone groups is 1. The first-order valence-electron chi connectivity index (χ1n) is 9.17. The zero-order chi connectivity index (χ0) is 21.8. The lowest BCUT2D eigenvalue weighted by Gasteiger charge is -2.27. The van der Waals surface area contributed by atoms with Gasteiger partial charge in [0.15, 0.2) is 9.84 Å². The van der Waals surface area contributed by atoms with Crippen LogP contribution in [-0.4, -0.2) is 32.7 Å². The number of benzene rings is 2. The third kappa shape index (κ3) is 6.14. The average Bonchev–Trinajstić information content (AvgIpc) is 2.63. The lowest BCUT2D eigenvalue weighted by molar-refractivity contribution is -0.160. The van der Waals surface area contributed by atoms with Crippen LogP contribution < -0.4 is 5.32 Å². The number of alkyl halides is 3. The van der Waals surface area contributed by atoms with Crippen molar-refractivity contribution in [2.75, 3.05) is 6.26 Å². The molecule has 0 saturated heterocycles. The topological polar surface area (TPSA) is 63.2 Å². The smallest absolute Gasteiger partial charge is 0.298 e. The number of nitrogens with one attached hydrogen (secondary N) is 1. The predicted molar refractivity (Wildman–Crippen MR) is 106 cm³/mol. The van der Waals surface area contributed by atoms with Gasteiger partial charge in [-0.3, -0.25) is 10.1 Å². The molecule has 0 aliphatic rings. The summed E-state index contributed by atoms with van der Waals surface area (Å²) in [5, 5.41) is 2.45. The molecule has 2 aromatic rings. The van der Waals surface area contributed by atoms with Gasteiger partial charge in [0.2, 0.25) is 0 Å². The molecule has 4 nitrogen and oxygen atoms in total. The van der Waals surface area contributed by atoms with E-state index in [1.54, 1.807) is 25.1 Å². The molecule has 0 heterocycles. The largest absolute Gasteiger partial charge is 0.407 e. The van der Waals surface area contributed by atoms with Crippen molar-refractivity contribution in [3.05, 3.63) is 54.1 Å². The minimum absolute atomic E-state index is 0.0397. The second kappa shape index (κ2) is 9.09. The van der Waals surface area contributed by atoms with Gasteiger partial charge in [-0.25, -0.2) is 8.42 Å². The van der Waals surface area contributed by atoms with Crippen LogP contribution in [0.5, 0.6) is 0 Å². The number of hydrogen-bond acceptors (Lipinski definition) is 4. The molecule has 0 saturated carbocycles. The molecule has 0 fully saturated rings. The van der Waals surface area contributed by atoms with Crippen LogP contribution in [0.25, 0.3) is 11.1 Å². The van der Waals surface area contributed by atoms with Crippen LogP contribution in [0, 0.1) is 0 Å². The summed E-state index contributed by atoms with van der Waals surface area (Å²) in [5.41, 5.74) is 0.911. The van der Waals surface area contributed by atoms with E-state index in [2.05, 4.69) is 5.32 Å². The summed E-state index contributed by atoms with van der Waals surface area (Å²) >= 11 is 0. The zero-order valence-corrected chi connectivity index (χ0v) is 17.3. The van der Waals surface area contributed by atoms with E-state index in [1.807, 2.05) is 0 Å². The fourth-order valence-corrected chi connectivity index (χ4v) is 3.74. The first kappa shape index (κ1) is 23.1. The van der Waals surface area contributed by atoms with Crippen LogP contribution in [0.3, 0.4) is 0 Å². The molecular formula is C21H24F3NO3S. The van der Waals surface area contributed by atoms with Crippen LogP contribution in [0.2, 0.25) is 0 Å². The van der Waals surface area contributed by atoms with Gasteiger partial charge in [-0.2, -0.15) is 13.2 Å². The minimum Gasteiger partial charge on any atom is -0.298 e. The fraction of sp³-hybridized carbons (Fsp3) is 0.381. The van der Waals surface area contributed by atoms with Crippen LogP contribution >= 0.6 is 0 Å². The van der Waals surface area contributed by atoms with E-state index in [4.69, 9.17) is 0 Å². The fourth-order valence-electron chi connectivity index (χ4n) is 3.08. The van der Waals surface area contributed by atoms with Crippen molar-refractivity contribution in [3.63, 3.8) is 0 Å². The maximum atomic E-state index is 13.8. The summed E-state index contributed by atoms with van der Waals surface area (Å²) in [4.78, 5) is 11.8. The Kier molecular flexibility index (Phi) is 7.24. The van der Waals surface area contributed by atoms with Crippen LogP contribution in [0.1, 0.15) is 38.3 Å². The number of carbonyl (C=O) groups excluding carboxylic acids is 1. The SMILES string of the molecule is CCCC(N[C@@H](c1cccc(-c2cccc(S(C)(=O)=O)c2)c1)C(F)(F)F)C(C)=O. The van der Waals surface area contributed by atoms with Crippen molar-refractivity contribution in [1.29, 1.82) is 0 Å². The minimum atomic E-state index is -4.60. The summed E-state index contributed by atoms with van der Waals surface area (Å²) < 4.78 is 64.9. The number of rotatable bonds is 8. The van der Waals surface area contributed by atoms with Crippen molar-refractivity contribution in [2.24, 2.45) is 0 Å². The Morgan fingerprint density at radius 1 is 1.07 bits per heavy atom. The number of ketones is 1. The molecule has 8 heteroatoms. The van der Waals surface area contributed by atoms with Crippen molar-refractivity contribution >= 4 is 15.6 Å². The molecule has 0 aliphatic heterocycles. The lowest BCUT2D eigenvalue weighted by Crippen LogP contribution is -2.44. The highest BCUT2D eigenvalue weighted by Gasteiger charge is 2.42. The Morgan fingerprint density at radius 2 is 1.66 bits per heavy atom. The van der Waals surface area contributed by atoms with Crippen molar-refractivity contribution in [1.82, 2.24) is 5.32 Å². The van der Waals surface area contributed by atoms with Crippen molar-refractivity contribution < 1.29 is 26.4 Å². The first-order valence-corrected chi connectivity index (χ1v) is 11.1. The van der Waals surface area contributed by atoms with Gasteiger partial charge in [-0.15, -0.1) is 0 Å². The van der Waals surface area contributed by atoms with Gasteiger partial charge in [-0.05, 0) is 48.2 Å². The molecule has 1 N–H and O–H groups in total. The van der Waals surface area contributed by atoms with E-state index in [9.17, 15) is 26.4 Å². The van der Waals surface area contributed by atoms with Gasteiger partial charge in [0, 0.05) is 6.26 Å². The Labute approximate surface area is 169 Å². The molecule has 158 valence electrons. The molecule has 0 radical (unpaired) electrons. The maximum Gasteiger partial charge on any atom is 0.407 e. The molecular weight excluding hydrogens is 403 g/mol. The predicted octanol–water partition coefficient (Wildman–Crippen LogP) is 4.71. The Balaban J connectivity index is 2.47.